The molecule has 1 aliphatic rings. The fraction of sp³-hybridized carbons (Fsp3) is 0.353. The number of hydrogen-bond donors (Lipinski definition) is 0. The molecule has 1 fully saturated rings. The predicted octanol–water partition coefficient (Wildman–Crippen LogP) is 3.67. The van der Waals surface area contributed by atoms with Gasteiger partial charge in [0.2, 0.25) is 0 Å². The van der Waals surface area contributed by atoms with E-state index in [1.54, 1.807) is 11.3 Å². The standard InChI is InChI=1S/C17H19ClN2OS/c1-13-10-15(12-22-13)17(21)20-8-6-19(7-9-20)11-14-2-4-16(18)5-3-14/h2-5,10,12H,6-9,11H2,1H3. The van der Waals surface area contributed by atoms with Gasteiger partial charge in [0.15, 0.2) is 0 Å². The molecule has 0 saturated carbocycles. The molecule has 3 nitrogen and oxygen atoms in total. The summed E-state index contributed by atoms with van der Waals surface area (Å²) in [5.41, 5.74) is 2.09. The number of thiophene rings is 1. The molecule has 0 atom stereocenters. The normalized spacial score (nSPS) is 16.0. The summed E-state index contributed by atoms with van der Waals surface area (Å²) >= 11 is 7.54. The van der Waals surface area contributed by atoms with Crippen LogP contribution in [0.1, 0.15) is 20.8 Å². The minimum Gasteiger partial charge on any atom is -0.336 e. The van der Waals surface area contributed by atoms with E-state index in [1.807, 2.05) is 35.4 Å². The number of piperazine rings is 1. The van der Waals surface area contributed by atoms with Crippen molar-refractivity contribution in [1.82, 2.24) is 9.80 Å². The van der Waals surface area contributed by atoms with E-state index in [0.29, 0.717) is 0 Å². The Morgan fingerprint density at radius 1 is 1.18 bits per heavy atom. The fourth-order valence-electron chi connectivity index (χ4n) is 2.70. The van der Waals surface area contributed by atoms with Crippen molar-refractivity contribution < 1.29 is 4.79 Å². The summed E-state index contributed by atoms with van der Waals surface area (Å²) in [7, 11) is 0. The van der Waals surface area contributed by atoms with Gasteiger partial charge in [-0.05, 0) is 30.7 Å². The van der Waals surface area contributed by atoms with Crippen molar-refractivity contribution in [3.05, 3.63) is 56.7 Å². The van der Waals surface area contributed by atoms with Crippen molar-refractivity contribution in [3.8, 4) is 0 Å². The number of hydrogen-bond acceptors (Lipinski definition) is 3. The monoisotopic (exact) mass is 334 g/mol. The highest BCUT2D eigenvalue weighted by Crippen LogP contribution is 2.17. The van der Waals surface area contributed by atoms with E-state index in [9.17, 15) is 4.79 Å². The Morgan fingerprint density at radius 2 is 1.86 bits per heavy atom. The van der Waals surface area contributed by atoms with Gasteiger partial charge in [-0.3, -0.25) is 9.69 Å². The van der Waals surface area contributed by atoms with Crippen molar-refractivity contribution in [3.63, 3.8) is 0 Å². The Morgan fingerprint density at radius 3 is 2.45 bits per heavy atom. The molecule has 0 spiro atoms. The molecular weight excluding hydrogens is 316 g/mol. The molecule has 0 unspecified atom stereocenters. The van der Waals surface area contributed by atoms with Crippen molar-refractivity contribution >= 4 is 28.8 Å². The first-order valence-corrected chi connectivity index (χ1v) is 8.69. The molecule has 3 rings (SSSR count). The number of nitrogens with zero attached hydrogens (tertiary/aromatic N) is 2. The maximum absolute atomic E-state index is 12.4. The zero-order valence-corrected chi connectivity index (χ0v) is 14.2. The number of halogens is 1. The van der Waals surface area contributed by atoms with Crippen LogP contribution in [0.2, 0.25) is 5.02 Å². The van der Waals surface area contributed by atoms with Gasteiger partial charge < -0.3 is 4.90 Å². The lowest BCUT2D eigenvalue weighted by molar-refractivity contribution is 0.0629. The molecule has 1 aliphatic heterocycles. The number of rotatable bonds is 3. The molecule has 2 aromatic rings. The number of aryl methyl sites for hydroxylation is 1. The molecule has 1 amide bonds. The summed E-state index contributed by atoms with van der Waals surface area (Å²) in [6, 6.07) is 9.96. The lowest BCUT2D eigenvalue weighted by Crippen LogP contribution is -2.48. The molecule has 0 N–H and O–H groups in total. The van der Waals surface area contributed by atoms with Gasteiger partial charge in [-0.15, -0.1) is 11.3 Å². The molecule has 5 heteroatoms. The van der Waals surface area contributed by atoms with Crippen LogP contribution in [-0.2, 0) is 6.54 Å². The zero-order chi connectivity index (χ0) is 15.5. The molecule has 2 heterocycles. The van der Waals surface area contributed by atoms with Crippen LogP contribution in [0, 0.1) is 6.92 Å². The minimum atomic E-state index is 0.162. The lowest BCUT2D eigenvalue weighted by atomic mass is 10.2. The van der Waals surface area contributed by atoms with Gasteiger partial charge in [0.25, 0.3) is 5.91 Å². The maximum Gasteiger partial charge on any atom is 0.254 e. The summed E-state index contributed by atoms with van der Waals surface area (Å²) < 4.78 is 0. The average Bonchev–Trinajstić information content (AvgIpc) is 2.96. The number of carbonyl (C=O) groups excluding carboxylic acids is 1. The van der Waals surface area contributed by atoms with Gasteiger partial charge in [0.1, 0.15) is 0 Å². The van der Waals surface area contributed by atoms with E-state index in [-0.39, 0.29) is 5.91 Å². The highest BCUT2D eigenvalue weighted by molar-refractivity contribution is 7.10. The molecule has 1 aromatic heterocycles. The third-order valence-corrected chi connectivity index (χ3v) is 5.07. The maximum atomic E-state index is 12.4. The van der Waals surface area contributed by atoms with Gasteiger partial charge in [0, 0.05) is 48.0 Å². The number of carbonyl (C=O) groups is 1. The van der Waals surface area contributed by atoms with E-state index >= 15 is 0 Å². The van der Waals surface area contributed by atoms with Crippen LogP contribution in [-0.4, -0.2) is 41.9 Å². The van der Waals surface area contributed by atoms with E-state index in [4.69, 9.17) is 11.6 Å². The third kappa shape index (κ3) is 3.69. The topological polar surface area (TPSA) is 23.6 Å². The summed E-state index contributed by atoms with van der Waals surface area (Å²) in [6.45, 7) is 6.36. The highest BCUT2D eigenvalue weighted by atomic mass is 35.5. The Labute approximate surface area is 140 Å². The average molecular weight is 335 g/mol. The van der Waals surface area contributed by atoms with Gasteiger partial charge in [-0.25, -0.2) is 0 Å². The zero-order valence-electron chi connectivity index (χ0n) is 12.6. The first kappa shape index (κ1) is 15.5. The number of benzene rings is 1. The van der Waals surface area contributed by atoms with Crippen LogP contribution in [0.5, 0.6) is 0 Å². The van der Waals surface area contributed by atoms with Crippen molar-refractivity contribution in [2.45, 2.75) is 13.5 Å². The Bertz CT molecular complexity index is 645. The van der Waals surface area contributed by atoms with E-state index in [2.05, 4.69) is 17.0 Å². The fourth-order valence-corrected chi connectivity index (χ4v) is 3.50. The van der Waals surface area contributed by atoms with Crippen molar-refractivity contribution in [2.24, 2.45) is 0 Å². The van der Waals surface area contributed by atoms with Gasteiger partial charge in [0.05, 0.1) is 5.56 Å². The summed E-state index contributed by atoms with van der Waals surface area (Å²) in [5.74, 6) is 0.162. The molecule has 1 aromatic carbocycles. The van der Waals surface area contributed by atoms with Crippen LogP contribution in [0.4, 0.5) is 0 Å². The van der Waals surface area contributed by atoms with Crippen molar-refractivity contribution in [2.75, 3.05) is 26.2 Å². The van der Waals surface area contributed by atoms with Gasteiger partial charge in [-0.2, -0.15) is 0 Å². The molecule has 116 valence electrons. The van der Waals surface area contributed by atoms with Gasteiger partial charge >= 0.3 is 0 Å². The second-order valence-electron chi connectivity index (χ2n) is 5.64. The molecule has 0 radical (unpaired) electrons. The molecule has 0 aliphatic carbocycles. The van der Waals surface area contributed by atoms with Crippen LogP contribution in [0.25, 0.3) is 0 Å². The van der Waals surface area contributed by atoms with E-state index < -0.39 is 0 Å². The van der Waals surface area contributed by atoms with E-state index in [1.165, 1.54) is 10.4 Å². The Balaban J connectivity index is 1.54. The van der Waals surface area contributed by atoms with E-state index in [0.717, 1.165) is 43.3 Å². The minimum absolute atomic E-state index is 0.162. The first-order valence-electron chi connectivity index (χ1n) is 7.43. The largest absolute Gasteiger partial charge is 0.336 e. The Hall–Kier alpha value is -1.36. The summed E-state index contributed by atoms with van der Waals surface area (Å²) in [4.78, 5) is 17.9. The summed E-state index contributed by atoms with van der Waals surface area (Å²) in [6.07, 6.45) is 0. The van der Waals surface area contributed by atoms with Crippen LogP contribution >= 0.6 is 22.9 Å². The first-order chi connectivity index (χ1) is 10.6. The molecule has 0 bridgehead atoms. The lowest BCUT2D eigenvalue weighted by Gasteiger charge is -2.34. The second kappa shape index (κ2) is 6.82. The molecule has 22 heavy (non-hydrogen) atoms. The predicted molar refractivity (Wildman–Crippen MR) is 91.7 cm³/mol. The van der Waals surface area contributed by atoms with Crippen LogP contribution in [0.15, 0.2) is 35.7 Å². The SMILES string of the molecule is Cc1cc(C(=O)N2CCN(Cc3ccc(Cl)cc3)CC2)cs1. The molecular formula is C17H19ClN2OS. The number of amides is 1. The van der Waals surface area contributed by atoms with Crippen LogP contribution < -0.4 is 0 Å². The van der Waals surface area contributed by atoms with Crippen molar-refractivity contribution in [1.29, 1.82) is 0 Å². The quantitative estimate of drug-likeness (QED) is 0.855. The smallest absolute Gasteiger partial charge is 0.254 e. The Kier molecular flexibility index (Phi) is 4.81. The second-order valence-corrected chi connectivity index (χ2v) is 7.19. The van der Waals surface area contributed by atoms with Gasteiger partial charge in [-0.1, -0.05) is 23.7 Å². The highest BCUT2D eigenvalue weighted by Gasteiger charge is 2.22. The third-order valence-electron chi connectivity index (χ3n) is 3.96. The molecule has 1 saturated heterocycles. The summed E-state index contributed by atoms with van der Waals surface area (Å²) in [5, 5.41) is 2.72. The van der Waals surface area contributed by atoms with Crippen LogP contribution in [0.3, 0.4) is 0 Å².